The number of morpholine rings is 1. The van der Waals surface area contributed by atoms with Crippen LogP contribution in [0.4, 0.5) is 5.95 Å². The zero-order valence-electron chi connectivity index (χ0n) is 17.3. The van der Waals surface area contributed by atoms with Gasteiger partial charge in [-0.2, -0.15) is 0 Å². The van der Waals surface area contributed by atoms with E-state index in [0.717, 1.165) is 31.7 Å². The quantitative estimate of drug-likeness (QED) is 0.662. The van der Waals surface area contributed by atoms with Crippen molar-refractivity contribution in [3.8, 4) is 0 Å². The molecular weight excluding hydrogens is 425 g/mol. The Morgan fingerprint density at radius 2 is 1.90 bits per heavy atom. The summed E-state index contributed by atoms with van der Waals surface area (Å²) in [7, 11) is 0. The average molecular weight is 452 g/mol. The molecule has 0 bridgehead atoms. The highest BCUT2D eigenvalue weighted by Gasteiger charge is 2.26. The van der Waals surface area contributed by atoms with E-state index in [1.165, 1.54) is 6.20 Å². The SMILES string of the molecule is CCN(CC)c1ncc(Cl)c(C(=O)NCC(c2ccccc2Cl)N2CCOCC2)n1. The van der Waals surface area contributed by atoms with Crippen molar-refractivity contribution < 1.29 is 9.53 Å². The highest BCUT2D eigenvalue weighted by molar-refractivity contribution is 6.33. The number of carbonyl (C=O) groups excluding carboxylic acids is 1. The largest absolute Gasteiger partial charge is 0.379 e. The fourth-order valence-electron chi connectivity index (χ4n) is 3.52. The number of nitrogens with zero attached hydrogens (tertiary/aromatic N) is 4. The molecule has 2 aromatic rings. The molecule has 0 saturated carbocycles. The highest BCUT2D eigenvalue weighted by Crippen LogP contribution is 2.28. The summed E-state index contributed by atoms with van der Waals surface area (Å²) in [6, 6.07) is 7.63. The van der Waals surface area contributed by atoms with Gasteiger partial charge in [-0.25, -0.2) is 9.97 Å². The van der Waals surface area contributed by atoms with Gasteiger partial charge >= 0.3 is 0 Å². The first kappa shape index (κ1) is 22.7. The predicted octanol–water partition coefficient (Wildman–Crippen LogP) is 3.43. The summed E-state index contributed by atoms with van der Waals surface area (Å²) in [6.45, 7) is 8.73. The lowest BCUT2D eigenvalue weighted by Crippen LogP contribution is -2.44. The van der Waals surface area contributed by atoms with Crippen molar-refractivity contribution in [3.05, 3.63) is 51.8 Å². The Kier molecular flexibility index (Phi) is 8.27. The number of nitrogens with one attached hydrogen (secondary N) is 1. The second-order valence-corrected chi connectivity index (χ2v) is 7.75. The van der Waals surface area contributed by atoms with Crippen LogP contribution in [0.25, 0.3) is 0 Å². The van der Waals surface area contributed by atoms with E-state index in [1.54, 1.807) is 0 Å². The number of amides is 1. The maximum Gasteiger partial charge on any atom is 0.271 e. The molecule has 2 heterocycles. The van der Waals surface area contributed by atoms with Crippen LogP contribution < -0.4 is 10.2 Å². The van der Waals surface area contributed by atoms with Crippen LogP contribution >= 0.6 is 23.2 Å². The van der Waals surface area contributed by atoms with E-state index in [9.17, 15) is 4.79 Å². The Morgan fingerprint density at radius 1 is 1.20 bits per heavy atom. The maximum atomic E-state index is 12.9. The second kappa shape index (κ2) is 10.9. The van der Waals surface area contributed by atoms with Crippen LogP contribution in [0.2, 0.25) is 10.0 Å². The van der Waals surface area contributed by atoms with Gasteiger partial charge in [0, 0.05) is 37.7 Å². The Bertz CT molecular complexity index is 857. The molecule has 1 amide bonds. The molecule has 1 N–H and O–H groups in total. The van der Waals surface area contributed by atoms with Crippen molar-refractivity contribution in [2.75, 3.05) is 50.8 Å². The summed E-state index contributed by atoms with van der Waals surface area (Å²) < 4.78 is 5.48. The summed E-state index contributed by atoms with van der Waals surface area (Å²) in [5.41, 5.74) is 1.15. The van der Waals surface area contributed by atoms with Gasteiger partial charge in [-0.3, -0.25) is 9.69 Å². The summed E-state index contributed by atoms with van der Waals surface area (Å²) in [5, 5.41) is 3.89. The predicted molar refractivity (Wildman–Crippen MR) is 120 cm³/mol. The topological polar surface area (TPSA) is 70.6 Å². The van der Waals surface area contributed by atoms with E-state index in [2.05, 4.69) is 20.2 Å². The lowest BCUT2D eigenvalue weighted by atomic mass is 10.0. The maximum absolute atomic E-state index is 12.9. The first-order valence-corrected chi connectivity index (χ1v) is 10.9. The van der Waals surface area contributed by atoms with Gasteiger partial charge < -0.3 is 15.0 Å². The summed E-state index contributed by atoms with van der Waals surface area (Å²) in [5.74, 6) is 0.159. The lowest BCUT2D eigenvalue weighted by Gasteiger charge is -2.35. The molecule has 7 nitrogen and oxygen atoms in total. The molecule has 0 spiro atoms. The Balaban J connectivity index is 1.79. The number of halogens is 2. The minimum Gasteiger partial charge on any atom is -0.379 e. The van der Waals surface area contributed by atoms with Crippen LogP contribution in [0.1, 0.15) is 35.9 Å². The third-order valence-corrected chi connectivity index (χ3v) is 5.82. The molecule has 162 valence electrons. The number of rotatable bonds is 8. The van der Waals surface area contributed by atoms with Gasteiger partial charge in [0.05, 0.1) is 30.5 Å². The van der Waals surface area contributed by atoms with Crippen LogP contribution in [-0.2, 0) is 4.74 Å². The normalized spacial score (nSPS) is 15.6. The Labute approximate surface area is 187 Å². The zero-order valence-corrected chi connectivity index (χ0v) is 18.8. The first-order valence-electron chi connectivity index (χ1n) is 10.2. The van der Waals surface area contributed by atoms with Crippen LogP contribution in [0.15, 0.2) is 30.5 Å². The van der Waals surface area contributed by atoms with Crippen molar-refractivity contribution in [3.63, 3.8) is 0 Å². The van der Waals surface area contributed by atoms with Crippen molar-refractivity contribution in [2.24, 2.45) is 0 Å². The van der Waals surface area contributed by atoms with Crippen molar-refractivity contribution >= 4 is 35.1 Å². The number of hydrogen-bond donors (Lipinski definition) is 1. The number of carbonyl (C=O) groups is 1. The molecule has 0 radical (unpaired) electrons. The minimum atomic E-state index is -0.332. The molecule has 1 aromatic carbocycles. The number of ether oxygens (including phenoxy) is 1. The fraction of sp³-hybridized carbons (Fsp3) is 0.476. The molecule has 1 atom stereocenters. The summed E-state index contributed by atoms with van der Waals surface area (Å²) in [4.78, 5) is 25.8. The molecule has 30 heavy (non-hydrogen) atoms. The van der Waals surface area contributed by atoms with Gasteiger partial charge in [-0.15, -0.1) is 0 Å². The van der Waals surface area contributed by atoms with Crippen molar-refractivity contribution in [1.82, 2.24) is 20.2 Å². The molecule has 1 unspecified atom stereocenters. The molecule has 3 rings (SSSR count). The third kappa shape index (κ3) is 5.40. The van der Waals surface area contributed by atoms with E-state index in [1.807, 2.05) is 43.0 Å². The first-order chi connectivity index (χ1) is 14.5. The molecule has 1 saturated heterocycles. The van der Waals surface area contributed by atoms with E-state index >= 15 is 0 Å². The number of hydrogen-bond acceptors (Lipinski definition) is 6. The second-order valence-electron chi connectivity index (χ2n) is 6.93. The minimum absolute atomic E-state index is 0.0746. The van der Waals surface area contributed by atoms with Gasteiger partial charge in [0.2, 0.25) is 5.95 Å². The number of aromatic nitrogens is 2. The molecule has 0 aliphatic carbocycles. The standard InChI is InChI=1S/C21H27Cl2N5O2/c1-3-27(4-2)21-25-13-17(23)19(26-21)20(29)24-14-18(28-9-11-30-12-10-28)15-7-5-6-8-16(15)22/h5-8,13,18H,3-4,9-12,14H2,1-2H3,(H,24,29). The molecule has 1 fully saturated rings. The smallest absolute Gasteiger partial charge is 0.271 e. The number of benzene rings is 1. The Hall–Kier alpha value is -1.93. The number of anilines is 1. The van der Waals surface area contributed by atoms with Crippen molar-refractivity contribution in [2.45, 2.75) is 19.9 Å². The van der Waals surface area contributed by atoms with Gasteiger partial charge in [-0.1, -0.05) is 41.4 Å². The molecule has 1 aliphatic heterocycles. The molecule has 1 aliphatic rings. The summed E-state index contributed by atoms with van der Waals surface area (Å²) >= 11 is 12.7. The van der Waals surface area contributed by atoms with Crippen LogP contribution in [0, 0.1) is 0 Å². The van der Waals surface area contributed by atoms with Gasteiger partial charge in [0.25, 0.3) is 5.91 Å². The summed E-state index contributed by atoms with van der Waals surface area (Å²) in [6.07, 6.45) is 1.48. The van der Waals surface area contributed by atoms with Crippen molar-refractivity contribution in [1.29, 1.82) is 0 Å². The van der Waals surface area contributed by atoms with E-state index < -0.39 is 0 Å². The van der Waals surface area contributed by atoms with Crippen LogP contribution in [-0.4, -0.2) is 66.7 Å². The van der Waals surface area contributed by atoms with Gasteiger partial charge in [0.15, 0.2) is 5.69 Å². The van der Waals surface area contributed by atoms with E-state index in [-0.39, 0.29) is 22.7 Å². The highest BCUT2D eigenvalue weighted by atomic mass is 35.5. The lowest BCUT2D eigenvalue weighted by molar-refractivity contribution is 0.0162. The Morgan fingerprint density at radius 3 is 2.57 bits per heavy atom. The van der Waals surface area contributed by atoms with E-state index in [4.69, 9.17) is 27.9 Å². The fourth-order valence-corrected chi connectivity index (χ4v) is 3.96. The van der Waals surface area contributed by atoms with Gasteiger partial charge in [-0.05, 0) is 25.5 Å². The zero-order chi connectivity index (χ0) is 21.5. The average Bonchev–Trinajstić information content (AvgIpc) is 2.77. The monoisotopic (exact) mass is 451 g/mol. The molecule has 1 aromatic heterocycles. The van der Waals surface area contributed by atoms with Crippen LogP contribution in [0.5, 0.6) is 0 Å². The van der Waals surface area contributed by atoms with Gasteiger partial charge in [0.1, 0.15) is 0 Å². The molecular formula is C21H27Cl2N5O2. The molecule has 9 heteroatoms. The third-order valence-electron chi connectivity index (χ3n) is 5.20. The van der Waals surface area contributed by atoms with Crippen LogP contribution in [0.3, 0.4) is 0 Å². The van der Waals surface area contributed by atoms with E-state index in [0.29, 0.717) is 30.7 Å².